The van der Waals surface area contributed by atoms with E-state index in [9.17, 15) is 9.59 Å². The van der Waals surface area contributed by atoms with E-state index in [-0.39, 0.29) is 11.8 Å². The first kappa shape index (κ1) is 24.6. The Kier molecular flexibility index (Phi) is 7.26. The molecule has 4 rings (SSSR count). The average molecular weight is 484 g/mol. The van der Waals surface area contributed by atoms with Gasteiger partial charge in [-0.1, -0.05) is 46.1 Å². The van der Waals surface area contributed by atoms with Gasteiger partial charge in [-0.3, -0.25) is 9.59 Å². The number of hydrogen-bond donors (Lipinski definition) is 2. The molecule has 2 amide bonds. The predicted molar refractivity (Wildman–Crippen MR) is 136 cm³/mol. The van der Waals surface area contributed by atoms with Crippen molar-refractivity contribution in [2.45, 2.75) is 84.1 Å². The van der Waals surface area contributed by atoms with Crippen LogP contribution in [0.1, 0.15) is 82.2 Å². The van der Waals surface area contributed by atoms with Crippen LogP contribution in [-0.2, 0) is 9.59 Å². The quantitative estimate of drug-likeness (QED) is 0.613. The van der Waals surface area contributed by atoms with Crippen LogP contribution in [0.5, 0.6) is 0 Å². The van der Waals surface area contributed by atoms with E-state index >= 15 is 0 Å². The number of aryl methyl sites for hydroxylation is 1. The van der Waals surface area contributed by atoms with Crippen molar-refractivity contribution in [3.8, 4) is 0 Å². The summed E-state index contributed by atoms with van der Waals surface area (Å²) in [5.41, 5.74) is -0.206. The fourth-order valence-corrected chi connectivity index (χ4v) is 5.58. The van der Waals surface area contributed by atoms with Crippen LogP contribution >= 0.6 is 11.3 Å². The van der Waals surface area contributed by atoms with E-state index in [4.69, 9.17) is 4.98 Å². The van der Waals surface area contributed by atoms with Crippen molar-refractivity contribution >= 4 is 34.1 Å². The van der Waals surface area contributed by atoms with Crippen LogP contribution in [0.4, 0.5) is 10.9 Å². The number of amides is 2. The Morgan fingerprint density at radius 3 is 2.44 bits per heavy atom. The van der Waals surface area contributed by atoms with Gasteiger partial charge in [-0.2, -0.15) is 0 Å². The summed E-state index contributed by atoms with van der Waals surface area (Å²) in [6, 6.07) is 6.07. The molecule has 7 nitrogen and oxygen atoms in total. The molecule has 1 aliphatic heterocycles. The lowest BCUT2D eigenvalue weighted by molar-refractivity contribution is -0.146. The van der Waals surface area contributed by atoms with Gasteiger partial charge in [-0.05, 0) is 44.7 Å². The summed E-state index contributed by atoms with van der Waals surface area (Å²) in [4.78, 5) is 38.9. The van der Waals surface area contributed by atoms with E-state index in [2.05, 4.69) is 21.7 Å². The Labute approximate surface area is 206 Å². The molecule has 2 aromatic rings. The normalized spacial score (nSPS) is 19.0. The summed E-state index contributed by atoms with van der Waals surface area (Å²) in [6.45, 7) is 9.14. The van der Waals surface area contributed by atoms with Crippen LogP contribution in [0.25, 0.3) is 0 Å². The minimum absolute atomic E-state index is 0.0402. The zero-order valence-electron chi connectivity index (χ0n) is 20.8. The highest BCUT2D eigenvalue weighted by molar-refractivity contribution is 7.15. The van der Waals surface area contributed by atoms with Gasteiger partial charge < -0.3 is 15.5 Å². The maximum Gasteiger partial charge on any atom is 0.248 e. The van der Waals surface area contributed by atoms with Crippen molar-refractivity contribution in [1.82, 2.24) is 20.2 Å². The van der Waals surface area contributed by atoms with Gasteiger partial charge in [-0.25, -0.2) is 9.97 Å². The number of carbonyl (C=O) groups excluding carboxylic acids is 2. The number of aromatic nitrogens is 2. The molecule has 2 aromatic heterocycles. The Bertz CT molecular complexity index is 1010. The molecule has 2 aliphatic rings. The SMILES string of the molecule is Cc1cnc(Nc2cccc(C3CCN(C(=O)C4(NC(=O)C(C)(C)C)CCCCC4)CC3)n2)s1. The van der Waals surface area contributed by atoms with Crippen LogP contribution < -0.4 is 10.6 Å². The molecule has 0 bridgehead atoms. The lowest BCUT2D eigenvalue weighted by atomic mass is 9.78. The first-order valence-electron chi connectivity index (χ1n) is 12.4. The second kappa shape index (κ2) is 10.0. The fraction of sp³-hybridized carbons (Fsp3) is 0.615. The zero-order chi connectivity index (χ0) is 24.3. The molecule has 0 spiro atoms. The van der Waals surface area contributed by atoms with Crippen LogP contribution in [0.2, 0.25) is 0 Å². The molecule has 2 N–H and O–H groups in total. The second-order valence-electron chi connectivity index (χ2n) is 10.8. The minimum Gasteiger partial charge on any atom is -0.341 e. The molecule has 8 heteroatoms. The van der Waals surface area contributed by atoms with E-state index in [0.717, 1.165) is 66.5 Å². The molecule has 0 unspecified atom stereocenters. The summed E-state index contributed by atoms with van der Waals surface area (Å²) >= 11 is 1.61. The maximum atomic E-state index is 13.7. The zero-order valence-corrected chi connectivity index (χ0v) is 21.6. The number of carbonyl (C=O) groups is 2. The summed E-state index contributed by atoms with van der Waals surface area (Å²) in [5.74, 6) is 1.18. The highest BCUT2D eigenvalue weighted by Crippen LogP contribution is 2.34. The molecule has 2 fully saturated rings. The molecule has 34 heavy (non-hydrogen) atoms. The molecule has 3 heterocycles. The first-order chi connectivity index (χ1) is 16.2. The number of hydrogen-bond acceptors (Lipinski definition) is 6. The monoisotopic (exact) mass is 483 g/mol. The lowest BCUT2D eigenvalue weighted by Crippen LogP contribution is -2.62. The second-order valence-corrected chi connectivity index (χ2v) is 12.0. The molecule has 0 radical (unpaired) electrons. The Morgan fingerprint density at radius 1 is 1.12 bits per heavy atom. The first-order valence-corrected chi connectivity index (χ1v) is 13.3. The largest absolute Gasteiger partial charge is 0.341 e. The molecule has 1 aliphatic carbocycles. The number of nitrogens with zero attached hydrogens (tertiary/aromatic N) is 3. The molecule has 1 saturated carbocycles. The van der Waals surface area contributed by atoms with Crippen molar-refractivity contribution in [2.75, 3.05) is 18.4 Å². The predicted octanol–water partition coefficient (Wildman–Crippen LogP) is 5.16. The smallest absolute Gasteiger partial charge is 0.248 e. The van der Waals surface area contributed by atoms with Gasteiger partial charge in [-0.15, -0.1) is 11.3 Å². The number of piperidine rings is 1. The van der Waals surface area contributed by atoms with Crippen molar-refractivity contribution in [3.63, 3.8) is 0 Å². The van der Waals surface area contributed by atoms with Gasteiger partial charge in [0.25, 0.3) is 0 Å². The Morgan fingerprint density at radius 2 is 1.82 bits per heavy atom. The van der Waals surface area contributed by atoms with E-state index in [1.54, 1.807) is 11.3 Å². The average Bonchev–Trinajstić information content (AvgIpc) is 3.23. The molecular weight excluding hydrogens is 446 g/mol. The molecule has 184 valence electrons. The van der Waals surface area contributed by atoms with Crippen LogP contribution in [0.15, 0.2) is 24.4 Å². The molecular formula is C26H37N5O2S. The number of pyridine rings is 1. The number of rotatable bonds is 5. The van der Waals surface area contributed by atoms with Gasteiger partial charge in [0.1, 0.15) is 11.4 Å². The van der Waals surface area contributed by atoms with E-state index in [0.29, 0.717) is 19.0 Å². The summed E-state index contributed by atoms with van der Waals surface area (Å²) in [5, 5.41) is 7.34. The van der Waals surface area contributed by atoms with E-state index in [1.165, 1.54) is 0 Å². The minimum atomic E-state index is -0.747. The third-order valence-electron chi connectivity index (χ3n) is 6.98. The molecule has 0 aromatic carbocycles. The number of nitrogens with one attached hydrogen (secondary N) is 2. The number of anilines is 2. The van der Waals surface area contributed by atoms with E-state index < -0.39 is 11.0 Å². The van der Waals surface area contributed by atoms with Crippen molar-refractivity contribution in [1.29, 1.82) is 0 Å². The maximum absolute atomic E-state index is 13.7. The van der Waals surface area contributed by atoms with Gasteiger partial charge in [0, 0.05) is 41.2 Å². The highest BCUT2D eigenvalue weighted by atomic mass is 32.1. The van der Waals surface area contributed by atoms with Gasteiger partial charge in [0.05, 0.1) is 0 Å². The Balaban J connectivity index is 1.41. The summed E-state index contributed by atoms with van der Waals surface area (Å²) < 4.78 is 0. The number of thiazole rings is 1. The van der Waals surface area contributed by atoms with Crippen LogP contribution in [-0.4, -0.2) is 45.3 Å². The van der Waals surface area contributed by atoms with Crippen molar-refractivity contribution < 1.29 is 9.59 Å². The molecule has 1 saturated heterocycles. The summed E-state index contributed by atoms with van der Waals surface area (Å²) in [7, 11) is 0. The highest BCUT2D eigenvalue weighted by Gasteiger charge is 2.45. The van der Waals surface area contributed by atoms with E-state index in [1.807, 2.05) is 50.9 Å². The van der Waals surface area contributed by atoms with Gasteiger partial charge >= 0.3 is 0 Å². The molecule has 0 atom stereocenters. The third-order valence-corrected chi connectivity index (χ3v) is 7.81. The van der Waals surface area contributed by atoms with Crippen molar-refractivity contribution in [3.05, 3.63) is 35.0 Å². The third kappa shape index (κ3) is 5.59. The standard InChI is InChI=1S/C26H37N5O2S/c1-18-17-27-24(34-18)29-21-10-8-9-20(28-21)19-11-15-31(16-12-19)23(33)26(13-6-5-7-14-26)30-22(32)25(2,3)4/h8-10,17,19H,5-7,11-16H2,1-4H3,(H,30,32)(H,27,28,29). The van der Waals surface area contributed by atoms with Crippen LogP contribution in [0, 0.1) is 12.3 Å². The Hall–Kier alpha value is -2.48. The van der Waals surface area contributed by atoms with Gasteiger partial charge in [0.15, 0.2) is 5.13 Å². The van der Waals surface area contributed by atoms with Crippen molar-refractivity contribution in [2.24, 2.45) is 5.41 Å². The number of likely N-dealkylation sites (tertiary alicyclic amines) is 1. The van der Waals surface area contributed by atoms with Crippen LogP contribution in [0.3, 0.4) is 0 Å². The lowest BCUT2D eigenvalue weighted by Gasteiger charge is -2.43. The summed E-state index contributed by atoms with van der Waals surface area (Å²) in [6.07, 6.45) is 8.16. The van der Waals surface area contributed by atoms with Gasteiger partial charge in [0.2, 0.25) is 11.8 Å². The topological polar surface area (TPSA) is 87.2 Å². The fourth-order valence-electron chi connectivity index (χ4n) is 4.90.